The topological polar surface area (TPSA) is 49.3 Å². The summed E-state index contributed by atoms with van der Waals surface area (Å²) in [6.45, 7) is 2.75. The van der Waals surface area contributed by atoms with Crippen LogP contribution >= 0.6 is 0 Å². The number of carbonyl (C=O) groups is 1. The largest absolute Gasteiger partial charge is 0.332 e. The Hall–Kier alpha value is -2.27. The number of benzene rings is 1. The second-order valence-corrected chi connectivity index (χ2v) is 7.45. The van der Waals surface area contributed by atoms with Crippen molar-refractivity contribution in [3.05, 3.63) is 59.2 Å². The second-order valence-electron chi connectivity index (χ2n) is 7.45. The van der Waals surface area contributed by atoms with Gasteiger partial charge in [-0.3, -0.25) is 4.79 Å². The fourth-order valence-corrected chi connectivity index (χ4v) is 4.00. The highest BCUT2D eigenvalue weighted by Crippen LogP contribution is 2.30. The maximum absolute atomic E-state index is 12.9. The van der Waals surface area contributed by atoms with E-state index in [1.54, 1.807) is 0 Å². The number of amides is 1. The molecule has 0 saturated carbocycles. The van der Waals surface area contributed by atoms with Crippen molar-refractivity contribution >= 4 is 5.91 Å². The minimum absolute atomic E-state index is 0.0184. The van der Waals surface area contributed by atoms with Crippen LogP contribution < -0.4 is 0 Å². The monoisotopic (exact) mass is 350 g/mol. The predicted octanol–water partition coefficient (Wildman–Crippen LogP) is 2.76. The highest BCUT2D eigenvalue weighted by molar-refractivity contribution is 5.79. The van der Waals surface area contributed by atoms with Crippen molar-refractivity contribution in [2.24, 2.45) is 0 Å². The van der Waals surface area contributed by atoms with E-state index in [2.05, 4.69) is 16.9 Å². The third-order valence-corrected chi connectivity index (χ3v) is 5.46. The molecular formula is C21H26N4O. The lowest BCUT2D eigenvalue weighted by atomic mass is 9.99. The van der Waals surface area contributed by atoms with Gasteiger partial charge in [-0.2, -0.15) is 0 Å². The number of hydrogen-bond donors (Lipinski definition) is 0. The van der Waals surface area contributed by atoms with E-state index in [1.165, 1.54) is 5.56 Å². The number of likely N-dealkylation sites (N-methyl/N-ethyl adjacent to an activating group) is 1. The highest BCUT2D eigenvalue weighted by Gasteiger charge is 2.30. The van der Waals surface area contributed by atoms with Gasteiger partial charge in [0.05, 0.1) is 12.5 Å². The van der Waals surface area contributed by atoms with Crippen LogP contribution in [0.2, 0.25) is 0 Å². The quantitative estimate of drug-likeness (QED) is 0.854. The Morgan fingerprint density at radius 3 is 2.88 bits per heavy atom. The number of aromatic nitrogens is 2. The third kappa shape index (κ3) is 3.63. The first-order chi connectivity index (χ1) is 12.7. The molecule has 1 atom stereocenters. The second kappa shape index (κ2) is 7.54. The summed E-state index contributed by atoms with van der Waals surface area (Å²) in [5, 5.41) is 0. The van der Waals surface area contributed by atoms with Gasteiger partial charge in [-0.25, -0.2) is 9.97 Å². The Morgan fingerprint density at radius 1 is 1.19 bits per heavy atom. The molecule has 0 bridgehead atoms. The van der Waals surface area contributed by atoms with Crippen molar-refractivity contribution in [3.63, 3.8) is 0 Å². The van der Waals surface area contributed by atoms with Gasteiger partial charge in [-0.1, -0.05) is 30.3 Å². The molecule has 4 rings (SSSR count). The zero-order valence-electron chi connectivity index (χ0n) is 15.4. The van der Waals surface area contributed by atoms with Crippen molar-refractivity contribution in [2.75, 3.05) is 20.1 Å². The van der Waals surface area contributed by atoms with Crippen LogP contribution in [0.25, 0.3) is 0 Å². The molecule has 2 aliphatic rings. The first kappa shape index (κ1) is 17.2. The van der Waals surface area contributed by atoms with Gasteiger partial charge in [-0.15, -0.1) is 0 Å². The Labute approximate surface area is 155 Å². The molecule has 1 saturated heterocycles. The maximum atomic E-state index is 12.9. The Balaban J connectivity index is 1.55. The minimum atomic E-state index is 0.0184. The molecular weight excluding hydrogens is 324 g/mol. The molecule has 0 radical (unpaired) electrons. The van der Waals surface area contributed by atoms with Crippen LogP contribution in [0, 0.1) is 0 Å². The number of piperidine rings is 1. The van der Waals surface area contributed by atoms with E-state index < -0.39 is 0 Å². The standard InChI is InChI=1S/C21H26N4O/c1-24-12-10-18-17(15-24)14-22-21(23-18)19-9-5-6-11-25(19)20(26)13-16-7-3-2-4-8-16/h2-4,7-8,14,19H,5-6,9-13,15H2,1H3. The summed E-state index contributed by atoms with van der Waals surface area (Å²) in [5.74, 6) is 1.01. The number of carbonyl (C=O) groups excluding carboxylic acids is 1. The fourth-order valence-electron chi connectivity index (χ4n) is 4.00. The van der Waals surface area contributed by atoms with Gasteiger partial charge < -0.3 is 9.80 Å². The summed E-state index contributed by atoms with van der Waals surface area (Å²) in [6, 6.07) is 10.0. The van der Waals surface area contributed by atoms with Gasteiger partial charge in [0.25, 0.3) is 0 Å². The Bertz CT molecular complexity index is 777. The summed E-state index contributed by atoms with van der Waals surface area (Å²) in [7, 11) is 2.13. The van der Waals surface area contributed by atoms with Gasteiger partial charge in [0.2, 0.25) is 5.91 Å². The molecule has 1 fully saturated rings. The van der Waals surface area contributed by atoms with Crippen LogP contribution in [0.15, 0.2) is 36.5 Å². The molecule has 1 amide bonds. The molecule has 136 valence electrons. The van der Waals surface area contributed by atoms with E-state index in [-0.39, 0.29) is 11.9 Å². The number of nitrogens with zero attached hydrogens (tertiary/aromatic N) is 4. The van der Waals surface area contributed by atoms with Crippen LogP contribution in [-0.4, -0.2) is 45.8 Å². The van der Waals surface area contributed by atoms with Crippen molar-refractivity contribution in [2.45, 2.75) is 44.7 Å². The SMILES string of the molecule is CN1CCc2nc(C3CCCCN3C(=O)Cc3ccccc3)ncc2C1. The van der Waals surface area contributed by atoms with Crippen LogP contribution in [0.4, 0.5) is 0 Å². The normalized spacial score (nSPS) is 20.7. The molecule has 0 spiro atoms. The van der Waals surface area contributed by atoms with E-state index >= 15 is 0 Å². The van der Waals surface area contributed by atoms with Gasteiger partial charge in [-0.05, 0) is 31.9 Å². The zero-order valence-corrected chi connectivity index (χ0v) is 15.4. The molecule has 3 heterocycles. The van der Waals surface area contributed by atoms with Gasteiger partial charge in [0, 0.05) is 43.5 Å². The van der Waals surface area contributed by atoms with E-state index in [0.717, 1.165) is 62.4 Å². The van der Waals surface area contributed by atoms with E-state index in [0.29, 0.717) is 6.42 Å². The smallest absolute Gasteiger partial charge is 0.227 e. The predicted molar refractivity (Wildman–Crippen MR) is 101 cm³/mol. The summed E-state index contributed by atoms with van der Waals surface area (Å²) < 4.78 is 0. The first-order valence-corrected chi connectivity index (χ1v) is 9.57. The van der Waals surface area contributed by atoms with E-state index in [4.69, 9.17) is 4.98 Å². The molecule has 5 heteroatoms. The summed E-state index contributed by atoms with van der Waals surface area (Å²) in [5.41, 5.74) is 3.45. The molecule has 2 aliphatic heterocycles. The number of hydrogen-bond acceptors (Lipinski definition) is 4. The molecule has 1 unspecified atom stereocenters. The molecule has 26 heavy (non-hydrogen) atoms. The molecule has 1 aromatic heterocycles. The Kier molecular flexibility index (Phi) is 4.98. The summed E-state index contributed by atoms with van der Waals surface area (Å²) >= 11 is 0. The van der Waals surface area contributed by atoms with Gasteiger partial charge >= 0.3 is 0 Å². The van der Waals surface area contributed by atoms with Crippen molar-refractivity contribution in [1.29, 1.82) is 0 Å². The molecule has 5 nitrogen and oxygen atoms in total. The van der Waals surface area contributed by atoms with Crippen molar-refractivity contribution in [1.82, 2.24) is 19.8 Å². The van der Waals surface area contributed by atoms with Crippen LogP contribution in [-0.2, 0) is 24.2 Å². The lowest BCUT2D eigenvalue weighted by molar-refractivity contribution is -0.134. The van der Waals surface area contributed by atoms with Crippen LogP contribution in [0.3, 0.4) is 0 Å². The van der Waals surface area contributed by atoms with E-state index in [1.807, 2.05) is 41.4 Å². The molecule has 2 aromatic rings. The van der Waals surface area contributed by atoms with E-state index in [9.17, 15) is 4.79 Å². The van der Waals surface area contributed by atoms with Gasteiger partial charge in [0.15, 0.2) is 5.82 Å². The number of likely N-dealkylation sites (tertiary alicyclic amines) is 1. The molecule has 1 aromatic carbocycles. The maximum Gasteiger partial charge on any atom is 0.227 e. The molecule has 0 N–H and O–H groups in total. The highest BCUT2D eigenvalue weighted by atomic mass is 16.2. The minimum Gasteiger partial charge on any atom is -0.332 e. The van der Waals surface area contributed by atoms with Crippen LogP contribution in [0.5, 0.6) is 0 Å². The van der Waals surface area contributed by atoms with Gasteiger partial charge in [0.1, 0.15) is 0 Å². The lowest BCUT2D eigenvalue weighted by Crippen LogP contribution is -2.40. The van der Waals surface area contributed by atoms with Crippen molar-refractivity contribution in [3.8, 4) is 0 Å². The average Bonchev–Trinajstić information content (AvgIpc) is 2.68. The Morgan fingerprint density at radius 2 is 2.04 bits per heavy atom. The summed E-state index contributed by atoms with van der Waals surface area (Å²) in [4.78, 5) is 26.8. The third-order valence-electron chi connectivity index (χ3n) is 5.46. The van der Waals surface area contributed by atoms with Crippen molar-refractivity contribution < 1.29 is 4.79 Å². The van der Waals surface area contributed by atoms with Crippen LogP contribution in [0.1, 0.15) is 47.9 Å². The fraction of sp³-hybridized carbons (Fsp3) is 0.476. The zero-order chi connectivity index (χ0) is 17.9. The molecule has 0 aliphatic carbocycles. The average molecular weight is 350 g/mol. The summed E-state index contributed by atoms with van der Waals surface area (Å²) in [6.07, 6.45) is 6.54. The number of rotatable bonds is 3. The number of fused-ring (bicyclic) bond motifs is 1. The first-order valence-electron chi connectivity index (χ1n) is 9.57. The lowest BCUT2D eigenvalue weighted by Gasteiger charge is -2.35.